The van der Waals surface area contributed by atoms with Gasteiger partial charge in [-0.3, -0.25) is 4.79 Å². The van der Waals surface area contributed by atoms with E-state index in [1.165, 1.54) is 7.11 Å². The molecule has 0 saturated carbocycles. The molecular weight excluding hydrogens is 80.0 g/mol. The molecule has 0 heterocycles. The molecule has 0 aliphatic carbocycles. The Morgan fingerprint density at radius 3 is 2.33 bits per heavy atom. The smallest absolute Gasteiger partial charge is 0.229 e. The summed E-state index contributed by atoms with van der Waals surface area (Å²) in [5.74, 6) is 0. The van der Waals surface area contributed by atoms with Gasteiger partial charge in [0.05, 0.1) is 0 Å². The molecule has 0 saturated heterocycles. The molecule has 35 valence electrons. The predicted octanol–water partition coefficient (Wildman–Crippen LogP) is 0.131. The molecule has 0 aromatic rings. The van der Waals surface area contributed by atoms with Gasteiger partial charge in [0.15, 0.2) is 0 Å². The number of carbonyl (C=O) groups excluding carboxylic acids is 1. The van der Waals surface area contributed by atoms with Crippen molar-refractivity contribution in [1.82, 2.24) is 0 Å². The maximum Gasteiger partial charge on any atom is 0.229 e. The van der Waals surface area contributed by atoms with Gasteiger partial charge in [-0.25, -0.2) is 0 Å². The van der Waals surface area contributed by atoms with Gasteiger partial charge in [-0.15, -0.1) is 0 Å². The molecule has 0 spiro atoms. The van der Waals surface area contributed by atoms with Crippen LogP contribution in [0.4, 0.5) is 0 Å². The SMILES string of the molecule is CO[C@H](C)[C]=O. The van der Waals surface area contributed by atoms with Gasteiger partial charge in [0.25, 0.3) is 0 Å². The first-order valence-electron chi connectivity index (χ1n) is 1.71. The second kappa shape index (κ2) is 2.85. The monoisotopic (exact) mass is 87.0 g/mol. The van der Waals surface area contributed by atoms with Gasteiger partial charge in [-0.1, -0.05) is 0 Å². The van der Waals surface area contributed by atoms with Crippen LogP contribution in [0.2, 0.25) is 0 Å². The van der Waals surface area contributed by atoms with Crippen LogP contribution in [0.3, 0.4) is 0 Å². The highest BCUT2D eigenvalue weighted by Gasteiger charge is 1.91. The fraction of sp³-hybridized carbons (Fsp3) is 0.750. The van der Waals surface area contributed by atoms with E-state index < -0.39 is 0 Å². The summed E-state index contributed by atoms with van der Waals surface area (Å²) in [6.45, 7) is 1.63. The van der Waals surface area contributed by atoms with Crippen molar-refractivity contribution in [2.45, 2.75) is 13.0 Å². The number of ether oxygens (including phenoxy) is 1. The Balaban J connectivity index is 2.96. The third kappa shape index (κ3) is 1.91. The van der Waals surface area contributed by atoms with Crippen molar-refractivity contribution >= 4 is 6.29 Å². The van der Waals surface area contributed by atoms with Gasteiger partial charge in [0, 0.05) is 7.11 Å². The van der Waals surface area contributed by atoms with Crippen LogP contribution in [0.5, 0.6) is 0 Å². The second-order valence-corrected chi connectivity index (χ2v) is 0.996. The lowest BCUT2D eigenvalue weighted by Crippen LogP contribution is -2.03. The van der Waals surface area contributed by atoms with Gasteiger partial charge >= 0.3 is 0 Å². The van der Waals surface area contributed by atoms with Gasteiger partial charge in [0.1, 0.15) is 6.10 Å². The van der Waals surface area contributed by atoms with Gasteiger partial charge < -0.3 is 4.74 Å². The minimum absolute atomic E-state index is 0.370. The number of methoxy groups -OCH3 is 1. The average molecular weight is 87.1 g/mol. The highest BCUT2D eigenvalue weighted by Crippen LogP contribution is 1.75. The maximum absolute atomic E-state index is 9.49. The minimum Gasteiger partial charge on any atom is -0.373 e. The van der Waals surface area contributed by atoms with Gasteiger partial charge in [-0.2, -0.15) is 0 Å². The molecule has 0 rings (SSSR count). The van der Waals surface area contributed by atoms with E-state index in [0.717, 1.165) is 0 Å². The van der Waals surface area contributed by atoms with E-state index in [0.29, 0.717) is 0 Å². The third-order valence-corrected chi connectivity index (χ3v) is 0.520. The number of rotatable bonds is 2. The normalized spacial score (nSPS) is 13.7. The molecule has 0 N–H and O–H groups in total. The molecule has 0 aromatic carbocycles. The molecule has 1 radical (unpaired) electrons. The molecular formula is C4H7O2. The molecule has 2 nitrogen and oxygen atoms in total. The Morgan fingerprint density at radius 2 is 2.33 bits per heavy atom. The first-order chi connectivity index (χ1) is 2.81. The summed E-state index contributed by atoms with van der Waals surface area (Å²) >= 11 is 0. The molecule has 2 heteroatoms. The highest BCUT2D eigenvalue weighted by molar-refractivity contribution is 5.55. The average Bonchev–Trinajstić information content (AvgIpc) is 1.65. The van der Waals surface area contributed by atoms with Crippen LogP contribution in [0, 0.1) is 0 Å². The Hall–Kier alpha value is -0.370. The van der Waals surface area contributed by atoms with Crippen molar-refractivity contribution < 1.29 is 9.53 Å². The van der Waals surface area contributed by atoms with Crippen LogP contribution in [0.1, 0.15) is 6.92 Å². The molecule has 0 amide bonds. The summed E-state index contributed by atoms with van der Waals surface area (Å²) in [7, 11) is 1.47. The number of hydrogen-bond donors (Lipinski definition) is 0. The van der Waals surface area contributed by atoms with E-state index in [-0.39, 0.29) is 6.10 Å². The quantitative estimate of drug-likeness (QED) is 0.478. The van der Waals surface area contributed by atoms with Crippen molar-refractivity contribution in [2.24, 2.45) is 0 Å². The lowest BCUT2D eigenvalue weighted by molar-refractivity contribution is 0.167. The summed E-state index contributed by atoms with van der Waals surface area (Å²) in [6.07, 6.45) is 1.27. The zero-order valence-corrected chi connectivity index (χ0v) is 3.89. The Labute approximate surface area is 37.1 Å². The van der Waals surface area contributed by atoms with E-state index in [1.54, 1.807) is 13.2 Å². The van der Waals surface area contributed by atoms with E-state index in [9.17, 15) is 4.79 Å². The zero-order chi connectivity index (χ0) is 4.99. The first-order valence-corrected chi connectivity index (χ1v) is 1.71. The molecule has 0 aliphatic rings. The maximum atomic E-state index is 9.49. The summed E-state index contributed by atoms with van der Waals surface area (Å²) in [5.41, 5.74) is 0. The lowest BCUT2D eigenvalue weighted by Gasteiger charge is -1.92. The Morgan fingerprint density at radius 1 is 1.83 bits per heavy atom. The largest absolute Gasteiger partial charge is 0.373 e. The van der Waals surface area contributed by atoms with Gasteiger partial charge in [-0.05, 0) is 6.92 Å². The zero-order valence-electron chi connectivity index (χ0n) is 3.89. The standard InChI is InChI=1S/C4H7O2/c1-4(3-5)6-2/h4H,1-2H3/t4-/m1/s1. The summed E-state index contributed by atoms with van der Waals surface area (Å²) in [5, 5.41) is 0. The van der Waals surface area contributed by atoms with Crippen molar-refractivity contribution in [1.29, 1.82) is 0 Å². The van der Waals surface area contributed by atoms with Crippen LogP contribution < -0.4 is 0 Å². The fourth-order valence-electron chi connectivity index (χ4n) is 0.0481. The van der Waals surface area contributed by atoms with E-state index in [1.807, 2.05) is 0 Å². The Bertz CT molecular complexity index is 42.8. The van der Waals surface area contributed by atoms with Crippen LogP contribution >= 0.6 is 0 Å². The third-order valence-electron chi connectivity index (χ3n) is 0.520. The number of hydrogen-bond acceptors (Lipinski definition) is 2. The topological polar surface area (TPSA) is 26.3 Å². The van der Waals surface area contributed by atoms with E-state index in [4.69, 9.17) is 0 Å². The summed E-state index contributed by atoms with van der Waals surface area (Å²) in [6, 6.07) is 0. The lowest BCUT2D eigenvalue weighted by atomic mass is 10.5. The molecule has 0 aromatic heterocycles. The molecule has 0 bridgehead atoms. The Kier molecular flexibility index (Phi) is 2.67. The van der Waals surface area contributed by atoms with Crippen molar-refractivity contribution in [3.8, 4) is 0 Å². The second-order valence-electron chi connectivity index (χ2n) is 0.996. The fourth-order valence-corrected chi connectivity index (χ4v) is 0.0481. The summed E-state index contributed by atoms with van der Waals surface area (Å²) in [4.78, 5) is 9.49. The molecule has 1 atom stereocenters. The van der Waals surface area contributed by atoms with Crippen molar-refractivity contribution in [3.05, 3.63) is 0 Å². The molecule has 0 fully saturated rings. The molecule has 0 aliphatic heterocycles. The minimum atomic E-state index is -0.370. The van der Waals surface area contributed by atoms with Crippen molar-refractivity contribution in [2.75, 3.05) is 7.11 Å². The van der Waals surface area contributed by atoms with Crippen LogP contribution in [-0.2, 0) is 9.53 Å². The van der Waals surface area contributed by atoms with Crippen molar-refractivity contribution in [3.63, 3.8) is 0 Å². The first kappa shape index (κ1) is 5.63. The highest BCUT2D eigenvalue weighted by atomic mass is 16.5. The van der Waals surface area contributed by atoms with Gasteiger partial charge in [0.2, 0.25) is 6.29 Å². The molecule has 0 unspecified atom stereocenters. The van der Waals surface area contributed by atoms with Crippen LogP contribution in [0.25, 0.3) is 0 Å². The van der Waals surface area contributed by atoms with Crippen LogP contribution in [-0.4, -0.2) is 19.5 Å². The van der Waals surface area contributed by atoms with Crippen LogP contribution in [0.15, 0.2) is 0 Å². The predicted molar refractivity (Wildman–Crippen MR) is 22.2 cm³/mol. The van der Waals surface area contributed by atoms with E-state index in [2.05, 4.69) is 4.74 Å². The molecule has 6 heavy (non-hydrogen) atoms. The van der Waals surface area contributed by atoms with E-state index >= 15 is 0 Å². The summed E-state index contributed by atoms with van der Waals surface area (Å²) < 4.78 is 4.48.